The average Bonchev–Trinajstić information content (AvgIpc) is 2.41. The topological polar surface area (TPSA) is 24.1 Å². The molecule has 98 valence electrons. The molecule has 0 aliphatic heterocycles. The molecule has 0 unspecified atom stereocenters. The Kier molecular flexibility index (Phi) is 5.09. The second-order valence-electron chi connectivity index (χ2n) is 3.92. The van der Waals surface area contributed by atoms with Gasteiger partial charge in [-0.25, -0.2) is 4.39 Å². The normalized spacial score (nSPS) is 10.0. The summed E-state index contributed by atoms with van der Waals surface area (Å²) in [6, 6.07) is 14.5. The lowest BCUT2D eigenvalue weighted by atomic mass is 10.2. The van der Waals surface area contributed by atoms with Gasteiger partial charge < -0.3 is 10.6 Å². The van der Waals surface area contributed by atoms with Crippen molar-refractivity contribution in [3.8, 4) is 0 Å². The monoisotopic (exact) mass is 386 g/mol. The second kappa shape index (κ2) is 6.81. The summed E-state index contributed by atoms with van der Waals surface area (Å²) in [4.78, 5) is 0. The van der Waals surface area contributed by atoms with Crippen molar-refractivity contribution in [1.82, 2.24) is 5.32 Å². The van der Waals surface area contributed by atoms with Crippen molar-refractivity contribution in [2.45, 2.75) is 6.54 Å². The van der Waals surface area contributed by atoms with E-state index >= 15 is 0 Å². The van der Waals surface area contributed by atoms with Crippen molar-refractivity contribution >= 4 is 45.6 Å². The zero-order chi connectivity index (χ0) is 13.7. The van der Waals surface area contributed by atoms with Crippen molar-refractivity contribution < 1.29 is 4.39 Å². The highest BCUT2D eigenvalue weighted by Crippen LogP contribution is 2.18. The van der Waals surface area contributed by atoms with Crippen molar-refractivity contribution in [1.29, 1.82) is 0 Å². The summed E-state index contributed by atoms with van der Waals surface area (Å²) in [5.74, 6) is -0.252. The van der Waals surface area contributed by atoms with Crippen LogP contribution in [-0.2, 0) is 6.54 Å². The van der Waals surface area contributed by atoms with Gasteiger partial charge in [-0.15, -0.1) is 0 Å². The molecule has 2 aromatic rings. The molecule has 2 N–H and O–H groups in total. The molecule has 0 bridgehead atoms. The summed E-state index contributed by atoms with van der Waals surface area (Å²) in [5, 5.41) is 6.69. The number of rotatable bonds is 3. The smallest absolute Gasteiger partial charge is 0.171 e. The predicted octanol–water partition coefficient (Wildman–Crippen LogP) is 3.92. The predicted molar refractivity (Wildman–Crippen MR) is 88.6 cm³/mol. The number of nitrogens with one attached hydrogen (secondary N) is 2. The molecule has 0 aliphatic rings. The van der Waals surface area contributed by atoms with E-state index in [0.717, 1.165) is 14.8 Å². The molecule has 0 fully saturated rings. The molecule has 0 radical (unpaired) electrons. The van der Waals surface area contributed by atoms with E-state index in [9.17, 15) is 4.39 Å². The van der Waals surface area contributed by atoms with E-state index in [4.69, 9.17) is 12.2 Å². The van der Waals surface area contributed by atoms with Gasteiger partial charge in [0.15, 0.2) is 5.11 Å². The lowest BCUT2D eigenvalue weighted by Crippen LogP contribution is -2.28. The van der Waals surface area contributed by atoms with Crippen LogP contribution in [0.4, 0.5) is 10.1 Å². The maximum atomic E-state index is 13.0. The minimum Gasteiger partial charge on any atom is -0.358 e. The molecular weight excluding hydrogens is 374 g/mol. The first-order valence-electron chi connectivity index (χ1n) is 5.69. The fourth-order valence-electron chi connectivity index (χ4n) is 1.54. The molecule has 19 heavy (non-hydrogen) atoms. The Morgan fingerprint density at radius 1 is 1.16 bits per heavy atom. The van der Waals surface area contributed by atoms with Gasteiger partial charge in [0.05, 0.1) is 5.69 Å². The number of anilines is 1. The third-order valence-corrected chi connectivity index (χ3v) is 3.61. The molecule has 0 saturated carbocycles. The highest BCUT2D eigenvalue weighted by atomic mass is 127. The number of hydrogen-bond acceptors (Lipinski definition) is 1. The van der Waals surface area contributed by atoms with Crippen molar-refractivity contribution in [2.75, 3.05) is 5.32 Å². The van der Waals surface area contributed by atoms with Crippen LogP contribution in [-0.4, -0.2) is 5.11 Å². The van der Waals surface area contributed by atoms with Crippen LogP contribution >= 0.6 is 34.8 Å². The largest absolute Gasteiger partial charge is 0.358 e. The first-order chi connectivity index (χ1) is 9.15. The van der Waals surface area contributed by atoms with E-state index in [1.54, 1.807) is 6.07 Å². The van der Waals surface area contributed by atoms with Gasteiger partial charge in [0, 0.05) is 10.1 Å². The van der Waals surface area contributed by atoms with Gasteiger partial charge in [-0.1, -0.05) is 30.3 Å². The molecule has 0 aliphatic carbocycles. The van der Waals surface area contributed by atoms with E-state index < -0.39 is 0 Å². The molecule has 0 spiro atoms. The van der Waals surface area contributed by atoms with Crippen LogP contribution in [0.3, 0.4) is 0 Å². The molecule has 0 atom stereocenters. The molecule has 2 nitrogen and oxygen atoms in total. The third kappa shape index (κ3) is 4.43. The zero-order valence-corrected chi connectivity index (χ0v) is 13.0. The third-order valence-electron chi connectivity index (χ3n) is 2.48. The van der Waals surface area contributed by atoms with Gasteiger partial charge in [0.1, 0.15) is 5.82 Å². The Bertz CT molecular complexity index is 575. The first-order valence-corrected chi connectivity index (χ1v) is 7.17. The zero-order valence-electron chi connectivity index (χ0n) is 9.99. The highest BCUT2D eigenvalue weighted by Gasteiger charge is 2.03. The molecule has 2 aromatic carbocycles. The number of halogens is 2. The SMILES string of the molecule is Fc1ccc(NC(=S)NCc2ccccc2)c(I)c1. The van der Waals surface area contributed by atoms with Gasteiger partial charge in [-0.2, -0.15) is 0 Å². The minimum atomic E-state index is -0.252. The van der Waals surface area contributed by atoms with Gasteiger partial charge >= 0.3 is 0 Å². The number of thiocarbonyl (C=S) groups is 1. The van der Waals surface area contributed by atoms with Crippen LogP contribution in [0.25, 0.3) is 0 Å². The van der Waals surface area contributed by atoms with Gasteiger partial charge in [-0.3, -0.25) is 0 Å². The molecule has 0 saturated heterocycles. The Labute approximate surface area is 130 Å². The fraction of sp³-hybridized carbons (Fsp3) is 0.0714. The van der Waals surface area contributed by atoms with Crippen LogP contribution in [0.2, 0.25) is 0 Å². The Balaban J connectivity index is 1.91. The highest BCUT2D eigenvalue weighted by molar-refractivity contribution is 14.1. The fourth-order valence-corrected chi connectivity index (χ4v) is 2.33. The number of benzene rings is 2. The Morgan fingerprint density at radius 3 is 2.58 bits per heavy atom. The van der Waals surface area contributed by atoms with Crippen molar-refractivity contribution in [3.05, 3.63) is 63.5 Å². The van der Waals surface area contributed by atoms with Crippen LogP contribution in [0.5, 0.6) is 0 Å². The van der Waals surface area contributed by atoms with E-state index in [-0.39, 0.29) is 5.82 Å². The Hall–Kier alpha value is -1.21. The minimum absolute atomic E-state index is 0.252. The van der Waals surface area contributed by atoms with Gasteiger partial charge in [0.2, 0.25) is 0 Å². The maximum absolute atomic E-state index is 13.0. The molecule has 5 heteroatoms. The van der Waals surface area contributed by atoms with E-state index in [1.165, 1.54) is 12.1 Å². The lowest BCUT2D eigenvalue weighted by molar-refractivity contribution is 0.627. The summed E-state index contributed by atoms with van der Waals surface area (Å²) < 4.78 is 13.8. The summed E-state index contributed by atoms with van der Waals surface area (Å²) in [6.45, 7) is 0.657. The average molecular weight is 386 g/mol. The molecule has 0 amide bonds. The van der Waals surface area contributed by atoms with Gasteiger partial charge in [-0.05, 0) is 58.6 Å². The maximum Gasteiger partial charge on any atom is 0.171 e. The molecular formula is C14H12FIN2S. The molecule has 0 heterocycles. The number of hydrogen-bond donors (Lipinski definition) is 2. The summed E-state index contributed by atoms with van der Waals surface area (Å²) in [7, 11) is 0. The van der Waals surface area contributed by atoms with Crippen molar-refractivity contribution in [3.63, 3.8) is 0 Å². The quantitative estimate of drug-likeness (QED) is 0.618. The van der Waals surface area contributed by atoms with Crippen molar-refractivity contribution in [2.24, 2.45) is 0 Å². The summed E-state index contributed by atoms with van der Waals surface area (Å²) in [5.41, 5.74) is 1.95. The van der Waals surface area contributed by atoms with Crippen LogP contribution in [0, 0.1) is 9.39 Å². The summed E-state index contributed by atoms with van der Waals surface area (Å²) >= 11 is 7.28. The van der Waals surface area contributed by atoms with Crippen LogP contribution in [0.15, 0.2) is 48.5 Å². The molecule has 2 rings (SSSR count). The standard InChI is InChI=1S/C14H12FIN2S/c15-11-6-7-13(12(16)8-11)18-14(19)17-9-10-4-2-1-3-5-10/h1-8H,9H2,(H2,17,18,19). The van der Waals surface area contributed by atoms with Gasteiger partial charge in [0.25, 0.3) is 0 Å². The summed E-state index contributed by atoms with van der Waals surface area (Å²) in [6.07, 6.45) is 0. The van der Waals surface area contributed by atoms with E-state index in [2.05, 4.69) is 33.2 Å². The van der Waals surface area contributed by atoms with Crippen LogP contribution < -0.4 is 10.6 Å². The van der Waals surface area contributed by atoms with Crippen LogP contribution in [0.1, 0.15) is 5.56 Å². The van der Waals surface area contributed by atoms with E-state index in [0.29, 0.717) is 11.7 Å². The first kappa shape index (κ1) is 14.2. The molecule has 0 aromatic heterocycles. The lowest BCUT2D eigenvalue weighted by Gasteiger charge is -2.12. The Morgan fingerprint density at radius 2 is 1.89 bits per heavy atom. The van der Waals surface area contributed by atoms with E-state index in [1.807, 2.05) is 30.3 Å². The second-order valence-corrected chi connectivity index (χ2v) is 5.49.